The van der Waals surface area contributed by atoms with Gasteiger partial charge in [-0.1, -0.05) is 18.2 Å². The summed E-state index contributed by atoms with van der Waals surface area (Å²) >= 11 is 0. The molecule has 1 aliphatic rings. The maximum Gasteiger partial charge on any atom is 0.0481 e. The highest BCUT2D eigenvalue weighted by Crippen LogP contribution is 2.30. The first-order valence-electron chi connectivity index (χ1n) is 5.13. The zero-order valence-corrected chi connectivity index (χ0v) is 9.55. The molecule has 2 aromatic rings. The minimum Gasteiger partial charge on any atom is -0.350 e. The molecule has 3 rings (SSSR count). The first kappa shape index (κ1) is 10.5. The number of aryl methyl sites for hydroxylation is 1. The van der Waals surface area contributed by atoms with Gasteiger partial charge < -0.3 is 9.88 Å². The summed E-state index contributed by atoms with van der Waals surface area (Å²) < 4.78 is 2.21. The van der Waals surface area contributed by atoms with Gasteiger partial charge in [0.1, 0.15) is 0 Å². The number of rotatable bonds is 1. The van der Waals surface area contributed by atoms with E-state index in [1.165, 1.54) is 22.9 Å². The Balaban J connectivity index is 0.000000853. The minimum absolute atomic E-state index is 0. The number of halogens is 1. The van der Waals surface area contributed by atoms with Crippen LogP contribution in [-0.4, -0.2) is 11.1 Å². The van der Waals surface area contributed by atoms with Crippen molar-refractivity contribution < 1.29 is 0 Å². The summed E-state index contributed by atoms with van der Waals surface area (Å²) in [5.41, 5.74) is 2.78. The molecule has 0 aliphatic carbocycles. The van der Waals surface area contributed by atoms with Gasteiger partial charge in [0.2, 0.25) is 0 Å². The number of fused-ring (bicyclic) bond motifs is 1. The molecule has 0 amide bonds. The second kappa shape index (κ2) is 3.87. The summed E-state index contributed by atoms with van der Waals surface area (Å²) in [6.07, 6.45) is 3.52. The predicted molar refractivity (Wildman–Crippen MR) is 65.5 cm³/mol. The Morgan fingerprint density at radius 1 is 1.33 bits per heavy atom. The van der Waals surface area contributed by atoms with Crippen molar-refractivity contribution in [1.82, 2.24) is 9.88 Å². The molecule has 0 unspecified atom stereocenters. The summed E-state index contributed by atoms with van der Waals surface area (Å²) in [6, 6.07) is 9.19. The van der Waals surface area contributed by atoms with Crippen LogP contribution in [0.15, 0.2) is 30.5 Å². The van der Waals surface area contributed by atoms with Crippen molar-refractivity contribution >= 4 is 23.3 Å². The van der Waals surface area contributed by atoms with E-state index in [1.807, 2.05) is 0 Å². The summed E-state index contributed by atoms with van der Waals surface area (Å²) in [7, 11) is 2.12. The monoisotopic (exact) mass is 222 g/mol. The third kappa shape index (κ3) is 1.54. The van der Waals surface area contributed by atoms with Gasteiger partial charge in [0, 0.05) is 30.2 Å². The van der Waals surface area contributed by atoms with Gasteiger partial charge in [0.15, 0.2) is 0 Å². The summed E-state index contributed by atoms with van der Waals surface area (Å²) in [5.74, 6) is 0. The molecule has 0 bridgehead atoms. The van der Waals surface area contributed by atoms with E-state index in [0.717, 1.165) is 6.54 Å². The Morgan fingerprint density at radius 3 is 2.73 bits per heavy atom. The number of hydrogen-bond acceptors (Lipinski definition) is 1. The smallest absolute Gasteiger partial charge is 0.0481 e. The molecule has 2 heterocycles. The Labute approximate surface area is 95.7 Å². The van der Waals surface area contributed by atoms with Crippen LogP contribution < -0.4 is 5.32 Å². The third-order valence-corrected chi connectivity index (χ3v) is 3.13. The molecule has 2 nitrogen and oxygen atoms in total. The van der Waals surface area contributed by atoms with Crippen molar-refractivity contribution in [3.8, 4) is 0 Å². The second-order valence-corrected chi connectivity index (χ2v) is 4.01. The number of para-hydroxylation sites is 1. The molecule has 1 aromatic heterocycles. The maximum atomic E-state index is 3.45. The van der Waals surface area contributed by atoms with Gasteiger partial charge in [-0.3, -0.25) is 0 Å². The van der Waals surface area contributed by atoms with E-state index in [1.54, 1.807) is 0 Å². The van der Waals surface area contributed by atoms with Crippen molar-refractivity contribution in [3.05, 3.63) is 36.0 Å². The maximum absolute atomic E-state index is 3.45. The molecule has 0 saturated carbocycles. The Hall–Kier alpha value is -0.990. The number of aromatic nitrogens is 1. The van der Waals surface area contributed by atoms with Crippen LogP contribution in [0.3, 0.4) is 0 Å². The van der Waals surface area contributed by atoms with Gasteiger partial charge in [-0.05, 0) is 24.6 Å². The standard InChI is InChI=1S/C12H14N2.ClH/c1-14-8-10(11-6-7-13-11)9-4-2-3-5-12(9)14;/h2-5,8,11,13H,6-7H2,1H3;1H/t11-;/m0./s1. The van der Waals surface area contributed by atoms with E-state index in [2.05, 4.69) is 47.4 Å². The quantitative estimate of drug-likeness (QED) is 0.785. The SMILES string of the molecule is Cl.Cn1cc([C@@H]2CCN2)c2ccccc21. The molecule has 1 atom stereocenters. The minimum atomic E-state index is 0. The number of hydrogen-bond donors (Lipinski definition) is 1. The van der Waals surface area contributed by atoms with Crippen LogP contribution in [0.2, 0.25) is 0 Å². The lowest BCUT2D eigenvalue weighted by Gasteiger charge is -2.27. The van der Waals surface area contributed by atoms with Crippen molar-refractivity contribution in [2.45, 2.75) is 12.5 Å². The van der Waals surface area contributed by atoms with Gasteiger partial charge in [-0.15, -0.1) is 12.4 Å². The number of nitrogens with one attached hydrogen (secondary N) is 1. The zero-order chi connectivity index (χ0) is 9.54. The van der Waals surface area contributed by atoms with Crippen LogP contribution in [0.5, 0.6) is 0 Å². The fourth-order valence-corrected chi connectivity index (χ4v) is 2.20. The lowest BCUT2D eigenvalue weighted by molar-refractivity contribution is 0.385. The lowest BCUT2D eigenvalue weighted by atomic mass is 9.98. The van der Waals surface area contributed by atoms with Crippen molar-refractivity contribution in [2.75, 3.05) is 6.54 Å². The van der Waals surface area contributed by atoms with Gasteiger partial charge in [-0.2, -0.15) is 0 Å². The first-order chi connectivity index (χ1) is 6.86. The molecule has 1 aromatic carbocycles. The molecule has 1 N–H and O–H groups in total. The summed E-state index contributed by atoms with van der Waals surface area (Å²) in [4.78, 5) is 0. The predicted octanol–water partition coefficient (Wildman–Crippen LogP) is 2.63. The van der Waals surface area contributed by atoms with Crippen LogP contribution >= 0.6 is 12.4 Å². The summed E-state index contributed by atoms with van der Waals surface area (Å²) in [5, 5.41) is 4.85. The molecule has 1 saturated heterocycles. The van der Waals surface area contributed by atoms with Crippen molar-refractivity contribution in [1.29, 1.82) is 0 Å². The van der Waals surface area contributed by atoms with Gasteiger partial charge in [0.25, 0.3) is 0 Å². The van der Waals surface area contributed by atoms with Crippen LogP contribution in [-0.2, 0) is 7.05 Å². The summed E-state index contributed by atoms with van der Waals surface area (Å²) in [6.45, 7) is 1.16. The van der Waals surface area contributed by atoms with Gasteiger partial charge >= 0.3 is 0 Å². The molecule has 80 valence electrons. The fraction of sp³-hybridized carbons (Fsp3) is 0.333. The number of nitrogens with zero attached hydrogens (tertiary/aromatic N) is 1. The van der Waals surface area contributed by atoms with Crippen LogP contribution in [0.25, 0.3) is 10.9 Å². The molecule has 1 fully saturated rings. The molecule has 0 spiro atoms. The van der Waals surface area contributed by atoms with E-state index in [4.69, 9.17) is 0 Å². The van der Waals surface area contributed by atoms with E-state index in [-0.39, 0.29) is 12.4 Å². The van der Waals surface area contributed by atoms with E-state index in [9.17, 15) is 0 Å². The average molecular weight is 223 g/mol. The van der Waals surface area contributed by atoms with Crippen LogP contribution in [0.1, 0.15) is 18.0 Å². The molecule has 1 aliphatic heterocycles. The molecular formula is C12H15ClN2. The van der Waals surface area contributed by atoms with Crippen molar-refractivity contribution in [2.24, 2.45) is 7.05 Å². The second-order valence-electron chi connectivity index (χ2n) is 4.01. The third-order valence-electron chi connectivity index (χ3n) is 3.13. The first-order valence-corrected chi connectivity index (χ1v) is 5.13. The highest BCUT2D eigenvalue weighted by molar-refractivity contribution is 5.85. The largest absolute Gasteiger partial charge is 0.350 e. The fourth-order valence-electron chi connectivity index (χ4n) is 2.20. The average Bonchev–Trinajstić information content (AvgIpc) is 2.43. The Morgan fingerprint density at radius 2 is 2.07 bits per heavy atom. The zero-order valence-electron chi connectivity index (χ0n) is 8.73. The number of benzene rings is 1. The van der Waals surface area contributed by atoms with Gasteiger partial charge in [0.05, 0.1) is 0 Å². The normalized spacial score (nSPS) is 19.7. The van der Waals surface area contributed by atoms with Crippen LogP contribution in [0, 0.1) is 0 Å². The Bertz CT molecular complexity index is 471. The molecule has 15 heavy (non-hydrogen) atoms. The molecule has 0 radical (unpaired) electrons. The van der Waals surface area contributed by atoms with Crippen LogP contribution in [0.4, 0.5) is 0 Å². The Kier molecular flexibility index (Phi) is 2.72. The van der Waals surface area contributed by atoms with E-state index >= 15 is 0 Å². The van der Waals surface area contributed by atoms with E-state index in [0.29, 0.717) is 6.04 Å². The van der Waals surface area contributed by atoms with Crippen molar-refractivity contribution in [3.63, 3.8) is 0 Å². The lowest BCUT2D eigenvalue weighted by Crippen LogP contribution is -2.34. The van der Waals surface area contributed by atoms with Gasteiger partial charge in [-0.25, -0.2) is 0 Å². The highest BCUT2D eigenvalue weighted by atomic mass is 35.5. The molecular weight excluding hydrogens is 208 g/mol. The topological polar surface area (TPSA) is 17.0 Å². The highest BCUT2D eigenvalue weighted by Gasteiger charge is 2.21. The van der Waals surface area contributed by atoms with E-state index < -0.39 is 0 Å². The molecule has 3 heteroatoms.